The van der Waals surface area contributed by atoms with Crippen LogP contribution in [0.3, 0.4) is 0 Å². The number of carbonyl (C=O) groups excluding carboxylic acids is 2. The van der Waals surface area contributed by atoms with Crippen LogP contribution in [0.25, 0.3) is 11.0 Å². The number of rotatable bonds is 9. The summed E-state index contributed by atoms with van der Waals surface area (Å²) >= 11 is 0. The van der Waals surface area contributed by atoms with E-state index in [1.165, 1.54) is 12.5 Å². The summed E-state index contributed by atoms with van der Waals surface area (Å²) in [6, 6.07) is 11.2. The Kier molecular flexibility index (Phi) is 9.52. The minimum atomic E-state index is -0.258. The molecule has 12 nitrogen and oxygen atoms in total. The van der Waals surface area contributed by atoms with Crippen LogP contribution in [-0.2, 0) is 13.1 Å². The Hall–Kier alpha value is -4.68. The molecule has 3 aliphatic heterocycles. The van der Waals surface area contributed by atoms with Crippen LogP contribution in [0.1, 0.15) is 102 Å². The zero-order chi connectivity index (χ0) is 35.9. The molecular weight excluding hydrogens is 654 g/mol. The molecular formula is C40H49N9O3. The minimum absolute atomic E-state index is 0.0269. The number of carbonyl (C=O) groups is 2. The van der Waals surface area contributed by atoms with E-state index in [9.17, 15) is 14.4 Å². The number of Topliss-reactive ketones (excluding diaryl/α,β-unsaturated/α-hetero) is 1. The maximum absolute atomic E-state index is 13.6. The Morgan fingerprint density at radius 3 is 2.48 bits per heavy atom. The number of pyridine rings is 2. The molecule has 8 rings (SSSR count). The Bertz CT molecular complexity index is 2040. The van der Waals surface area contributed by atoms with Crippen molar-refractivity contribution in [3.8, 4) is 0 Å². The summed E-state index contributed by atoms with van der Waals surface area (Å²) in [5.74, 6) is 0.945. The fourth-order valence-corrected chi connectivity index (χ4v) is 8.94. The highest BCUT2D eigenvalue weighted by atomic mass is 16.2. The maximum atomic E-state index is 13.6. The second kappa shape index (κ2) is 14.4. The molecule has 1 unspecified atom stereocenters. The molecule has 1 amide bonds. The summed E-state index contributed by atoms with van der Waals surface area (Å²) in [4.78, 5) is 60.1. The summed E-state index contributed by atoms with van der Waals surface area (Å²) in [7, 11) is 2.21. The van der Waals surface area contributed by atoms with E-state index in [2.05, 4.69) is 55.6 Å². The normalized spacial score (nSPS) is 19.9. The second-order valence-corrected chi connectivity index (χ2v) is 15.2. The molecule has 0 bridgehead atoms. The van der Waals surface area contributed by atoms with Gasteiger partial charge in [0.1, 0.15) is 11.5 Å². The molecule has 2 N–H and O–H groups in total. The summed E-state index contributed by atoms with van der Waals surface area (Å²) in [6.07, 6.45) is 11.8. The Labute approximate surface area is 304 Å². The molecule has 0 spiro atoms. The van der Waals surface area contributed by atoms with Crippen LogP contribution >= 0.6 is 0 Å². The molecule has 4 aliphatic rings. The molecule has 0 radical (unpaired) electrons. The Morgan fingerprint density at radius 1 is 0.981 bits per heavy atom. The van der Waals surface area contributed by atoms with E-state index in [1.807, 2.05) is 18.3 Å². The van der Waals surface area contributed by atoms with Gasteiger partial charge in [0, 0.05) is 68.0 Å². The van der Waals surface area contributed by atoms with Gasteiger partial charge in [0.2, 0.25) is 5.95 Å². The SMILES string of the molecule is CC(=O)c1c(C)c2cnc(Nc3ccc(N4CCC(N(C)Cc5ccc6c(c5)CN(C5CCCNC5)C6=O)CC4)cn3)nc2n(C2CCCC2)c1=O. The van der Waals surface area contributed by atoms with E-state index in [1.54, 1.807) is 17.7 Å². The number of ketones is 1. The highest BCUT2D eigenvalue weighted by molar-refractivity contribution is 6.00. The molecule has 12 heteroatoms. The quantitative estimate of drug-likeness (QED) is 0.220. The first-order valence-electron chi connectivity index (χ1n) is 19.0. The van der Waals surface area contributed by atoms with Gasteiger partial charge in [0.05, 0.1) is 17.4 Å². The lowest BCUT2D eigenvalue weighted by Gasteiger charge is -2.37. The number of amides is 1. The second-order valence-electron chi connectivity index (χ2n) is 15.2. The lowest BCUT2D eigenvalue weighted by molar-refractivity contribution is 0.0674. The van der Waals surface area contributed by atoms with Crippen molar-refractivity contribution >= 4 is 40.2 Å². The van der Waals surface area contributed by atoms with Gasteiger partial charge in [-0.1, -0.05) is 25.0 Å². The van der Waals surface area contributed by atoms with Crippen molar-refractivity contribution in [3.05, 3.63) is 80.9 Å². The molecule has 1 atom stereocenters. The average Bonchev–Trinajstić information content (AvgIpc) is 3.80. The monoisotopic (exact) mass is 703 g/mol. The summed E-state index contributed by atoms with van der Waals surface area (Å²) in [5.41, 5.74) is 5.54. The van der Waals surface area contributed by atoms with Gasteiger partial charge in [-0.3, -0.25) is 23.9 Å². The van der Waals surface area contributed by atoms with E-state index in [-0.39, 0.29) is 28.9 Å². The first kappa shape index (κ1) is 34.4. The number of aromatic nitrogens is 4. The number of anilines is 3. The number of hydrogen-bond donors (Lipinski definition) is 2. The van der Waals surface area contributed by atoms with Gasteiger partial charge < -0.3 is 20.4 Å². The molecule has 4 aromatic rings. The van der Waals surface area contributed by atoms with E-state index >= 15 is 0 Å². The zero-order valence-electron chi connectivity index (χ0n) is 30.5. The van der Waals surface area contributed by atoms with Gasteiger partial charge in [0.25, 0.3) is 11.5 Å². The maximum Gasteiger partial charge on any atom is 0.263 e. The number of nitrogens with zero attached hydrogens (tertiary/aromatic N) is 7. The van der Waals surface area contributed by atoms with Crippen molar-refractivity contribution < 1.29 is 9.59 Å². The minimum Gasteiger partial charge on any atom is -0.370 e. The standard InChI is InChI=1S/C40H49N9O3/c1-25-34-22-43-40(45-37(34)49(30-7-4-5-8-30)39(52)36(25)26(2)50)44-35-13-11-31(21-42-35)47-17-14-29(15-18-47)46(3)23-27-10-12-33-28(19-27)24-48(38(33)51)32-9-6-16-41-20-32/h10-13,19,21-22,29-30,32,41H,4-9,14-18,20,23-24H2,1-3H3,(H,42,43,44,45). The topological polar surface area (TPSA) is 129 Å². The average molecular weight is 704 g/mol. The molecule has 2 saturated heterocycles. The smallest absolute Gasteiger partial charge is 0.263 e. The summed E-state index contributed by atoms with van der Waals surface area (Å²) < 4.78 is 1.73. The van der Waals surface area contributed by atoms with Crippen LogP contribution in [0.15, 0.2) is 47.5 Å². The van der Waals surface area contributed by atoms with E-state index < -0.39 is 0 Å². The highest BCUT2D eigenvalue weighted by Gasteiger charge is 2.34. The summed E-state index contributed by atoms with van der Waals surface area (Å²) in [5, 5.41) is 7.41. The first-order chi connectivity index (χ1) is 25.2. The van der Waals surface area contributed by atoms with Crippen LogP contribution in [0, 0.1) is 6.92 Å². The van der Waals surface area contributed by atoms with Crippen molar-refractivity contribution in [2.24, 2.45) is 0 Å². The van der Waals surface area contributed by atoms with Crippen LogP contribution in [0.4, 0.5) is 17.5 Å². The third-order valence-electron chi connectivity index (χ3n) is 11.8. The molecule has 3 fully saturated rings. The van der Waals surface area contributed by atoms with Gasteiger partial charge in [-0.15, -0.1) is 0 Å². The third kappa shape index (κ3) is 6.58. The van der Waals surface area contributed by atoms with Crippen LogP contribution in [0.2, 0.25) is 0 Å². The highest BCUT2D eigenvalue weighted by Crippen LogP contribution is 2.33. The molecule has 1 aromatic carbocycles. The third-order valence-corrected chi connectivity index (χ3v) is 11.8. The van der Waals surface area contributed by atoms with Crippen molar-refractivity contribution in [1.29, 1.82) is 0 Å². The molecule has 6 heterocycles. The number of fused-ring (bicyclic) bond motifs is 2. The number of aryl methyl sites for hydroxylation is 1. The van der Waals surface area contributed by atoms with Gasteiger partial charge >= 0.3 is 0 Å². The fourth-order valence-electron chi connectivity index (χ4n) is 8.94. The Balaban J connectivity index is 0.889. The zero-order valence-corrected chi connectivity index (χ0v) is 30.5. The molecule has 272 valence electrons. The molecule has 1 saturated carbocycles. The van der Waals surface area contributed by atoms with Crippen molar-refractivity contribution in [1.82, 2.24) is 34.6 Å². The fraction of sp³-hybridized carbons (Fsp3) is 0.500. The first-order valence-corrected chi connectivity index (χ1v) is 19.0. The molecule has 1 aliphatic carbocycles. The van der Waals surface area contributed by atoms with Crippen LogP contribution < -0.4 is 21.1 Å². The molecule has 52 heavy (non-hydrogen) atoms. The predicted octanol–water partition coefficient (Wildman–Crippen LogP) is 5.36. The summed E-state index contributed by atoms with van der Waals surface area (Å²) in [6.45, 7) is 8.67. The lowest BCUT2D eigenvalue weighted by Crippen LogP contribution is -2.46. The predicted molar refractivity (Wildman–Crippen MR) is 202 cm³/mol. The van der Waals surface area contributed by atoms with Crippen molar-refractivity contribution in [2.45, 2.75) is 96.4 Å². The van der Waals surface area contributed by atoms with E-state index in [0.717, 1.165) is 113 Å². The van der Waals surface area contributed by atoms with E-state index in [0.29, 0.717) is 35.1 Å². The number of hydrogen-bond acceptors (Lipinski definition) is 10. The Morgan fingerprint density at radius 2 is 1.77 bits per heavy atom. The van der Waals surface area contributed by atoms with E-state index in [4.69, 9.17) is 9.97 Å². The van der Waals surface area contributed by atoms with Crippen LogP contribution in [0.5, 0.6) is 0 Å². The van der Waals surface area contributed by atoms with Gasteiger partial charge in [-0.2, -0.15) is 4.98 Å². The van der Waals surface area contributed by atoms with Gasteiger partial charge in [-0.25, -0.2) is 9.97 Å². The number of nitrogens with one attached hydrogen (secondary N) is 2. The van der Waals surface area contributed by atoms with Crippen LogP contribution in [-0.4, -0.2) is 86.3 Å². The molecule has 3 aromatic heterocycles. The van der Waals surface area contributed by atoms with Gasteiger partial charge in [-0.05, 0) is 101 Å². The lowest BCUT2D eigenvalue weighted by atomic mass is 10.0. The number of benzene rings is 1. The largest absolute Gasteiger partial charge is 0.370 e. The van der Waals surface area contributed by atoms with Gasteiger partial charge in [0.15, 0.2) is 5.78 Å². The van der Waals surface area contributed by atoms with Crippen molar-refractivity contribution in [2.75, 3.05) is 43.4 Å². The van der Waals surface area contributed by atoms with Crippen molar-refractivity contribution in [3.63, 3.8) is 0 Å². The number of piperidine rings is 2.